The fraction of sp³-hybridized carbons (Fsp3) is 0.261. The molecule has 0 radical (unpaired) electrons. The third-order valence-electron chi connectivity index (χ3n) is 5.49. The van der Waals surface area contributed by atoms with E-state index in [2.05, 4.69) is 20.6 Å². The topological polar surface area (TPSA) is 166 Å². The van der Waals surface area contributed by atoms with Crippen molar-refractivity contribution in [1.29, 1.82) is 0 Å². The number of aromatic nitrogens is 4. The number of nitrogens with zero attached hydrogens (tertiary/aromatic N) is 4. The summed E-state index contributed by atoms with van der Waals surface area (Å²) >= 11 is 1.04. The highest BCUT2D eigenvalue weighted by molar-refractivity contribution is 7.17. The van der Waals surface area contributed by atoms with E-state index in [-0.39, 0.29) is 28.3 Å². The lowest BCUT2D eigenvalue weighted by Gasteiger charge is -2.18. The Bertz CT molecular complexity index is 1470. The highest BCUT2D eigenvalue weighted by Gasteiger charge is 2.27. The van der Waals surface area contributed by atoms with Crippen LogP contribution >= 0.6 is 11.3 Å². The van der Waals surface area contributed by atoms with E-state index in [0.29, 0.717) is 47.6 Å². The molecule has 1 aromatic carbocycles. The fourth-order valence-corrected chi connectivity index (χ4v) is 4.48. The van der Waals surface area contributed by atoms with Gasteiger partial charge in [0, 0.05) is 18.1 Å². The molecule has 5 rings (SSSR count). The van der Waals surface area contributed by atoms with E-state index in [9.17, 15) is 9.59 Å². The van der Waals surface area contributed by atoms with Crippen LogP contribution in [0.5, 0.6) is 17.2 Å². The molecule has 1 atom stereocenters. The van der Waals surface area contributed by atoms with E-state index in [4.69, 9.17) is 29.1 Å². The monoisotopic (exact) mass is 526 g/mol. The molecule has 3 aromatic heterocycles. The average molecular weight is 527 g/mol. The number of hydrogen-bond acceptors (Lipinski definition) is 12. The van der Waals surface area contributed by atoms with Crippen molar-refractivity contribution in [2.45, 2.75) is 12.5 Å². The first-order valence-corrected chi connectivity index (χ1v) is 11.9. The van der Waals surface area contributed by atoms with Gasteiger partial charge in [-0.15, -0.1) is 10.2 Å². The maximum Gasteiger partial charge on any atom is 0.379 e. The minimum absolute atomic E-state index is 0.0813. The fourth-order valence-electron chi connectivity index (χ4n) is 3.76. The van der Waals surface area contributed by atoms with Crippen LogP contribution in [0.1, 0.15) is 17.0 Å². The summed E-state index contributed by atoms with van der Waals surface area (Å²) in [6.07, 6.45) is 1.76. The van der Waals surface area contributed by atoms with Gasteiger partial charge in [0.05, 0.1) is 39.2 Å². The van der Waals surface area contributed by atoms with Crippen molar-refractivity contribution < 1.29 is 28.2 Å². The van der Waals surface area contributed by atoms with Gasteiger partial charge >= 0.3 is 5.63 Å². The SMILES string of the molecule is COc1cccc(OC)c1-c1cc(C(=O)Nc2nnc(-n3nccc3N)s2)oc(=O)c1O[C@H]1CCOC1. The lowest BCUT2D eigenvalue weighted by Crippen LogP contribution is -2.22. The second kappa shape index (κ2) is 10.3. The van der Waals surface area contributed by atoms with Crippen molar-refractivity contribution in [1.82, 2.24) is 20.0 Å². The van der Waals surface area contributed by atoms with E-state index < -0.39 is 11.5 Å². The lowest BCUT2D eigenvalue weighted by atomic mass is 10.0. The van der Waals surface area contributed by atoms with E-state index in [0.717, 1.165) is 11.3 Å². The third-order valence-corrected chi connectivity index (χ3v) is 6.30. The highest BCUT2D eigenvalue weighted by atomic mass is 32.1. The van der Waals surface area contributed by atoms with Gasteiger partial charge in [0.25, 0.3) is 5.91 Å². The Balaban J connectivity index is 1.54. The van der Waals surface area contributed by atoms with Gasteiger partial charge in [-0.1, -0.05) is 17.4 Å². The summed E-state index contributed by atoms with van der Waals surface area (Å²) < 4.78 is 29.1. The molecule has 37 heavy (non-hydrogen) atoms. The highest BCUT2D eigenvalue weighted by Crippen LogP contribution is 2.42. The van der Waals surface area contributed by atoms with E-state index in [1.54, 1.807) is 24.3 Å². The van der Waals surface area contributed by atoms with Crippen LogP contribution in [0.2, 0.25) is 0 Å². The number of amides is 1. The van der Waals surface area contributed by atoms with Crippen molar-refractivity contribution in [2.75, 3.05) is 38.5 Å². The van der Waals surface area contributed by atoms with Crippen molar-refractivity contribution in [3.05, 3.63) is 52.7 Å². The summed E-state index contributed by atoms with van der Waals surface area (Å²) in [4.78, 5) is 26.2. The quantitative estimate of drug-likeness (QED) is 0.346. The smallest absolute Gasteiger partial charge is 0.379 e. The standard InChI is InChI=1S/C23H22N6O7S/c1-32-14-4-3-5-15(33-2)18(14)13-10-16(36-21(31)19(13)35-12-7-9-34-11-12)20(30)26-22-27-28-23(37-22)29-17(24)6-8-25-29/h3-6,8,10,12H,7,9,11,24H2,1-2H3,(H,26,27,30)/t12-/m0/s1. The predicted molar refractivity (Wildman–Crippen MR) is 133 cm³/mol. The molecule has 1 aliphatic rings. The number of carbonyl (C=O) groups is 1. The summed E-state index contributed by atoms with van der Waals surface area (Å²) in [6.45, 7) is 0.835. The van der Waals surface area contributed by atoms with Gasteiger partial charge in [-0.2, -0.15) is 9.78 Å². The van der Waals surface area contributed by atoms with E-state index >= 15 is 0 Å². The molecular weight excluding hydrogens is 504 g/mol. The summed E-state index contributed by atoms with van der Waals surface area (Å²) in [7, 11) is 2.98. The second-order valence-corrected chi connectivity index (χ2v) is 8.75. The predicted octanol–water partition coefficient (Wildman–Crippen LogP) is 2.36. The number of benzene rings is 1. The van der Waals surface area contributed by atoms with Crippen LogP contribution < -0.4 is 30.9 Å². The summed E-state index contributed by atoms with van der Waals surface area (Å²) in [5.74, 6) is 0.0992. The number of hydrogen-bond donors (Lipinski definition) is 2. The van der Waals surface area contributed by atoms with Gasteiger partial charge < -0.3 is 29.1 Å². The number of rotatable bonds is 8. The number of nitrogens with two attached hydrogens (primary N) is 1. The molecule has 4 heterocycles. The molecule has 14 heteroatoms. The minimum atomic E-state index is -0.843. The maximum absolute atomic E-state index is 13.1. The second-order valence-electron chi connectivity index (χ2n) is 7.79. The van der Waals surface area contributed by atoms with Gasteiger partial charge in [0.1, 0.15) is 23.4 Å². The minimum Gasteiger partial charge on any atom is -0.496 e. The summed E-state index contributed by atoms with van der Waals surface area (Å²) in [6, 6.07) is 8.15. The third kappa shape index (κ3) is 4.83. The van der Waals surface area contributed by atoms with Crippen LogP contribution in [-0.2, 0) is 4.74 Å². The first-order valence-electron chi connectivity index (χ1n) is 11.1. The van der Waals surface area contributed by atoms with Gasteiger partial charge in [0.2, 0.25) is 16.0 Å². The van der Waals surface area contributed by atoms with Gasteiger partial charge in [-0.25, -0.2) is 4.79 Å². The van der Waals surface area contributed by atoms with Gasteiger partial charge in [0.15, 0.2) is 5.76 Å². The largest absolute Gasteiger partial charge is 0.496 e. The molecule has 0 spiro atoms. The van der Waals surface area contributed by atoms with Crippen LogP contribution in [0.25, 0.3) is 16.3 Å². The summed E-state index contributed by atoms with van der Waals surface area (Å²) in [5.41, 5.74) is 5.70. The number of anilines is 2. The Hall–Kier alpha value is -4.43. The number of nitrogen functional groups attached to an aromatic ring is 1. The lowest BCUT2D eigenvalue weighted by molar-refractivity contribution is 0.0989. The molecule has 192 valence electrons. The Labute approximate surface area is 213 Å². The van der Waals surface area contributed by atoms with E-state index in [1.807, 2.05) is 0 Å². The van der Waals surface area contributed by atoms with Gasteiger partial charge in [-0.05, 0) is 18.2 Å². The van der Waals surface area contributed by atoms with Crippen LogP contribution in [0, 0.1) is 0 Å². The number of methoxy groups -OCH3 is 2. The van der Waals surface area contributed by atoms with Crippen molar-refractivity contribution in [2.24, 2.45) is 0 Å². The first kappa shape index (κ1) is 24.3. The van der Waals surface area contributed by atoms with Gasteiger partial charge in [-0.3, -0.25) is 10.1 Å². The molecular formula is C23H22N6O7S. The number of carbonyl (C=O) groups excluding carboxylic acids is 1. The molecule has 0 bridgehead atoms. The van der Waals surface area contributed by atoms with Crippen LogP contribution in [0.3, 0.4) is 0 Å². The van der Waals surface area contributed by atoms with Crippen molar-refractivity contribution >= 4 is 28.2 Å². The molecule has 1 saturated heterocycles. The molecule has 1 aliphatic heterocycles. The number of nitrogens with one attached hydrogen (secondary N) is 1. The molecule has 0 aliphatic carbocycles. The van der Waals surface area contributed by atoms with Crippen LogP contribution in [-0.4, -0.2) is 59.4 Å². The molecule has 13 nitrogen and oxygen atoms in total. The van der Waals surface area contributed by atoms with Crippen LogP contribution in [0.15, 0.2) is 45.7 Å². The molecule has 4 aromatic rings. The van der Waals surface area contributed by atoms with E-state index in [1.165, 1.54) is 31.2 Å². The van der Waals surface area contributed by atoms with Crippen molar-refractivity contribution in [3.63, 3.8) is 0 Å². The molecule has 0 unspecified atom stereocenters. The Morgan fingerprint density at radius 3 is 2.65 bits per heavy atom. The normalized spacial score (nSPS) is 14.9. The Morgan fingerprint density at radius 2 is 2.00 bits per heavy atom. The summed E-state index contributed by atoms with van der Waals surface area (Å²) in [5, 5.41) is 15.1. The van der Waals surface area contributed by atoms with Crippen LogP contribution in [0.4, 0.5) is 10.9 Å². The molecule has 1 fully saturated rings. The molecule has 1 amide bonds. The molecule has 3 N–H and O–H groups in total. The number of ether oxygens (including phenoxy) is 4. The Morgan fingerprint density at radius 1 is 1.22 bits per heavy atom. The average Bonchev–Trinajstić information content (AvgIpc) is 3.67. The zero-order valence-corrected chi connectivity index (χ0v) is 20.6. The first-order chi connectivity index (χ1) is 18.0. The maximum atomic E-state index is 13.1. The Kier molecular flexibility index (Phi) is 6.74. The molecule has 0 saturated carbocycles. The van der Waals surface area contributed by atoms with Crippen molar-refractivity contribution in [3.8, 4) is 33.5 Å². The zero-order chi connectivity index (χ0) is 25.9. The zero-order valence-electron chi connectivity index (χ0n) is 19.8.